The van der Waals surface area contributed by atoms with Gasteiger partial charge in [0.15, 0.2) is 0 Å². The van der Waals surface area contributed by atoms with Gasteiger partial charge in [-0.15, -0.1) is 5.10 Å². The molecule has 0 aliphatic rings. The molecule has 1 aromatic heterocycles. The maximum Gasteiger partial charge on any atom is 0.297 e. The Bertz CT molecular complexity index is 583. The second-order valence-electron chi connectivity index (χ2n) is 4.67. The first-order valence-electron chi connectivity index (χ1n) is 6.29. The molecule has 0 saturated carbocycles. The first-order chi connectivity index (χ1) is 9.01. The number of rotatable bonds is 3. The summed E-state index contributed by atoms with van der Waals surface area (Å²) in [5.74, 6) is 0.719. The van der Waals surface area contributed by atoms with Crippen LogP contribution < -0.4 is 4.90 Å². The van der Waals surface area contributed by atoms with Crippen molar-refractivity contribution in [3.05, 3.63) is 41.0 Å². The van der Waals surface area contributed by atoms with Gasteiger partial charge in [-0.1, -0.05) is 13.0 Å². The van der Waals surface area contributed by atoms with Crippen molar-refractivity contribution in [2.75, 3.05) is 11.9 Å². The molecule has 0 bridgehead atoms. The Labute approximate surface area is 112 Å². The van der Waals surface area contributed by atoms with Crippen LogP contribution in [0.15, 0.2) is 18.2 Å². The zero-order valence-corrected chi connectivity index (χ0v) is 11.7. The second kappa shape index (κ2) is 5.22. The van der Waals surface area contributed by atoms with E-state index < -0.39 is 0 Å². The molecule has 0 aliphatic heterocycles. The zero-order chi connectivity index (χ0) is 14.0. The highest BCUT2D eigenvalue weighted by molar-refractivity contribution is 6.03. The van der Waals surface area contributed by atoms with Crippen LogP contribution in [0.5, 0.6) is 0 Å². The third-order valence-electron chi connectivity index (χ3n) is 2.96. The van der Waals surface area contributed by atoms with E-state index in [1.807, 2.05) is 32.9 Å². The number of carbonyl (C=O) groups is 1. The summed E-state index contributed by atoms with van der Waals surface area (Å²) in [5, 5.41) is 6.71. The third-order valence-corrected chi connectivity index (χ3v) is 2.96. The highest BCUT2D eigenvalue weighted by atomic mass is 16.2. The van der Waals surface area contributed by atoms with E-state index in [-0.39, 0.29) is 11.7 Å². The molecule has 1 heterocycles. The molecule has 0 unspecified atom stereocenters. The summed E-state index contributed by atoms with van der Waals surface area (Å²) in [6, 6.07) is 6.01. The van der Waals surface area contributed by atoms with Gasteiger partial charge in [-0.3, -0.25) is 9.89 Å². The van der Waals surface area contributed by atoms with Crippen LogP contribution in [0.25, 0.3) is 0 Å². The highest BCUT2D eigenvalue weighted by Crippen LogP contribution is 2.18. The van der Waals surface area contributed by atoms with E-state index in [1.54, 1.807) is 11.9 Å². The molecule has 0 saturated heterocycles. The van der Waals surface area contributed by atoms with Gasteiger partial charge in [-0.2, -0.15) is 0 Å². The number of anilines is 1. The number of aromatic nitrogens is 3. The van der Waals surface area contributed by atoms with Gasteiger partial charge < -0.3 is 4.90 Å². The quantitative estimate of drug-likeness (QED) is 0.918. The lowest BCUT2D eigenvalue weighted by molar-refractivity contribution is 0.0983. The van der Waals surface area contributed by atoms with E-state index in [4.69, 9.17) is 0 Å². The van der Waals surface area contributed by atoms with Crippen LogP contribution in [-0.4, -0.2) is 28.1 Å². The molecule has 19 heavy (non-hydrogen) atoms. The van der Waals surface area contributed by atoms with Crippen molar-refractivity contribution in [2.45, 2.75) is 27.2 Å². The van der Waals surface area contributed by atoms with Crippen LogP contribution in [0, 0.1) is 13.8 Å². The van der Waals surface area contributed by atoms with Crippen molar-refractivity contribution in [2.24, 2.45) is 0 Å². The molecular formula is C14H18N4O. The fourth-order valence-electron chi connectivity index (χ4n) is 1.96. The number of hydrogen-bond acceptors (Lipinski definition) is 3. The molecule has 0 aliphatic carbocycles. The van der Waals surface area contributed by atoms with Crippen molar-refractivity contribution in [1.82, 2.24) is 15.2 Å². The first-order valence-corrected chi connectivity index (χ1v) is 6.29. The average molecular weight is 258 g/mol. The second-order valence-corrected chi connectivity index (χ2v) is 4.67. The monoisotopic (exact) mass is 258 g/mol. The van der Waals surface area contributed by atoms with Gasteiger partial charge in [0.05, 0.1) is 0 Å². The minimum absolute atomic E-state index is 0.207. The number of hydrogen-bond donors (Lipinski definition) is 1. The summed E-state index contributed by atoms with van der Waals surface area (Å²) in [4.78, 5) is 18.0. The SMILES string of the molecule is CCc1nc(C(=O)N(C)c2cc(C)cc(C)c2)n[nH]1. The predicted octanol–water partition coefficient (Wildman–Crippen LogP) is 2.26. The molecule has 0 radical (unpaired) electrons. The van der Waals surface area contributed by atoms with E-state index in [2.05, 4.69) is 21.2 Å². The van der Waals surface area contributed by atoms with E-state index in [1.165, 1.54) is 0 Å². The number of amides is 1. The van der Waals surface area contributed by atoms with Crippen molar-refractivity contribution in [1.29, 1.82) is 0 Å². The lowest BCUT2D eigenvalue weighted by Crippen LogP contribution is -2.27. The molecule has 5 nitrogen and oxygen atoms in total. The smallest absolute Gasteiger partial charge is 0.297 e. The largest absolute Gasteiger partial charge is 0.309 e. The Morgan fingerprint density at radius 3 is 2.42 bits per heavy atom. The van der Waals surface area contributed by atoms with Crippen LogP contribution in [0.3, 0.4) is 0 Å². The van der Waals surface area contributed by atoms with Crippen LogP contribution in [0.4, 0.5) is 5.69 Å². The number of carbonyl (C=O) groups excluding carboxylic acids is 1. The van der Waals surface area contributed by atoms with Crippen LogP contribution >= 0.6 is 0 Å². The third kappa shape index (κ3) is 2.81. The lowest BCUT2D eigenvalue weighted by atomic mass is 10.1. The minimum Gasteiger partial charge on any atom is -0.309 e. The molecule has 5 heteroatoms. The normalized spacial score (nSPS) is 10.5. The van der Waals surface area contributed by atoms with Gasteiger partial charge in [0, 0.05) is 19.2 Å². The summed E-state index contributed by atoms with van der Waals surface area (Å²) in [6.07, 6.45) is 0.730. The van der Waals surface area contributed by atoms with Gasteiger partial charge in [0.2, 0.25) is 5.82 Å². The van der Waals surface area contributed by atoms with Crippen molar-refractivity contribution >= 4 is 11.6 Å². The van der Waals surface area contributed by atoms with E-state index in [0.29, 0.717) is 0 Å². The maximum atomic E-state index is 12.3. The summed E-state index contributed by atoms with van der Waals surface area (Å²) >= 11 is 0. The Balaban J connectivity index is 2.27. The number of nitrogens with zero attached hydrogens (tertiary/aromatic N) is 3. The maximum absolute atomic E-state index is 12.3. The Kier molecular flexibility index (Phi) is 3.64. The number of nitrogens with one attached hydrogen (secondary N) is 1. The predicted molar refractivity (Wildman–Crippen MR) is 74.4 cm³/mol. The lowest BCUT2D eigenvalue weighted by Gasteiger charge is -2.16. The van der Waals surface area contributed by atoms with Gasteiger partial charge in [0.1, 0.15) is 5.82 Å². The number of aryl methyl sites for hydroxylation is 3. The average Bonchev–Trinajstić information content (AvgIpc) is 2.84. The van der Waals surface area contributed by atoms with Crippen LogP contribution in [0.1, 0.15) is 34.5 Å². The van der Waals surface area contributed by atoms with E-state index in [9.17, 15) is 4.79 Å². The molecule has 1 aromatic carbocycles. The van der Waals surface area contributed by atoms with Crippen LogP contribution in [-0.2, 0) is 6.42 Å². The fraction of sp³-hybridized carbons (Fsp3) is 0.357. The molecular weight excluding hydrogens is 240 g/mol. The van der Waals surface area contributed by atoms with E-state index >= 15 is 0 Å². The number of H-pyrrole nitrogens is 1. The molecule has 1 N–H and O–H groups in total. The zero-order valence-electron chi connectivity index (χ0n) is 11.7. The number of aromatic amines is 1. The first kappa shape index (κ1) is 13.3. The van der Waals surface area contributed by atoms with Crippen LogP contribution in [0.2, 0.25) is 0 Å². The molecule has 0 fully saturated rings. The summed E-state index contributed by atoms with van der Waals surface area (Å²) < 4.78 is 0. The Morgan fingerprint density at radius 2 is 1.89 bits per heavy atom. The topological polar surface area (TPSA) is 61.9 Å². The van der Waals surface area contributed by atoms with Crippen molar-refractivity contribution in [3.8, 4) is 0 Å². The Morgan fingerprint density at radius 1 is 1.26 bits per heavy atom. The summed E-state index contributed by atoms with van der Waals surface area (Å²) in [5.41, 5.74) is 3.10. The molecule has 0 spiro atoms. The van der Waals surface area contributed by atoms with Gasteiger partial charge >= 0.3 is 0 Å². The summed E-state index contributed by atoms with van der Waals surface area (Å²) in [6.45, 7) is 5.98. The fourth-order valence-corrected chi connectivity index (χ4v) is 1.96. The Hall–Kier alpha value is -2.17. The van der Waals surface area contributed by atoms with Gasteiger partial charge in [-0.05, 0) is 37.1 Å². The van der Waals surface area contributed by atoms with Gasteiger partial charge in [-0.25, -0.2) is 4.98 Å². The number of benzene rings is 1. The minimum atomic E-state index is -0.207. The van der Waals surface area contributed by atoms with Crippen molar-refractivity contribution in [3.63, 3.8) is 0 Å². The summed E-state index contributed by atoms with van der Waals surface area (Å²) in [7, 11) is 1.73. The standard InChI is InChI=1S/C14H18N4O/c1-5-12-15-13(17-16-12)14(19)18(4)11-7-9(2)6-10(3)8-11/h6-8H,5H2,1-4H3,(H,15,16,17). The molecule has 100 valence electrons. The molecule has 2 aromatic rings. The van der Waals surface area contributed by atoms with Gasteiger partial charge in [0.25, 0.3) is 5.91 Å². The molecule has 2 rings (SSSR count). The van der Waals surface area contributed by atoms with E-state index in [0.717, 1.165) is 29.1 Å². The molecule has 1 amide bonds. The van der Waals surface area contributed by atoms with Crippen molar-refractivity contribution < 1.29 is 4.79 Å². The molecule has 0 atom stereocenters. The highest BCUT2D eigenvalue weighted by Gasteiger charge is 2.18.